The molecule has 1 N–H and O–H groups in total. The number of carbonyl (C=O) groups is 1. The topological polar surface area (TPSA) is 99.9 Å². The normalized spacial score (nSPS) is 20.7. The van der Waals surface area contributed by atoms with Gasteiger partial charge < -0.3 is 19.6 Å². The van der Waals surface area contributed by atoms with Crippen LogP contribution in [0.25, 0.3) is 10.8 Å². The van der Waals surface area contributed by atoms with E-state index >= 15 is 4.39 Å². The first kappa shape index (κ1) is 32.2. The summed E-state index contributed by atoms with van der Waals surface area (Å²) in [5.74, 6) is 0.533. The number of alkyl halides is 1. The number of nitrogens with zero attached hydrogens (tertiary/aromatic N) is 7. The van der Waals surface area contributed by atoms with Crippen molar-refractivity contribution in [2.24, 2.45) is 0 Å². The van der Waals surface area contributed by atoms with E-state index in [4.69, 9.17) is 14.7 Å². The molecule has 2 saturated heterocycles. The second kappa shape index (κ2) is 12.9. The zero-order valence-electron chi connectivity index (χ0n) is 27.9. The molecular weight excluding hydrogens is 616 g/mol. The Morgan fingerprint density at radius 2 is 2.06 bits per heavy atom. The molecule has 3 aliphatic rings. The Balaban J connectivity index is 1.18. The van der Waals surface area contributed by atoms with Crippen LogP contribution in [0.2, 0.25) is 0 Å². The smallest absolute Gasteiger partial charge is 0.318 e. The summed E-state index contributed by atoms with van der Waals surface area (Å²) in [6.45, 7) is 7.01. The molecule has 2 aromatic heterocycles. The number of rotatable bonds is 10. The predicted octanol–water partition coefficient (Wildman–Crippen LogP) is 5.62. The number of phenolic OH excluding ortho intramolecular Hbond substituents is 1. The number of anilines is 2. The third-order valence-corrected chi connectivity index (χ3v) is 10.3. The van der Waals surface area contributed by atoms with Crippen molar-refractivity contribution >= 4 is 28.2 Å². The fourth-order valence-electron chi connectivity index (χ4n) is 7.94. The molecule has 0 unspecified atom stereocenters. The number of aryl methyl sites for hydroxylation is 2. The molecule has 254 valence electrons. The van der Waals surface area contributed by atoms with Gasteiger partial charge in [-0.15, -0.1) is 0 Å². The molecule has 4 aromatic rings. The average molecular weight is 660 g/mol. The second-order valence-electron chi connectivity index (χ2n) is 13.6. The minimum absolute atomic E-state index is 0.0646. The standard InChI is InChI=1S/C36H43F2N7O3/c1-4-27-29(38)9-8-24-17-26(46)18-31(33(24)27)43-15-11-28-30(21-43)39-35(48-22-36-12-6-14-44(36)20-25(37)19-36)40-34(28)42(3)13-5-7-32(47)45-16-10-23(2)41-45/h8-10,16-18,25,46H,4-7,11-15,19-22H2,1-3H3/t25-,36+/m1/s1. The Labute approximate surface area is 279 Å². The average Bonchev–Trinajstić information content (AvgIpc) is 3.76. The van der Waals surface area contributed by atoms with Gasteiger partial charge in [-0.2, -0.15) is 15.1 Å². The van der Waals surface area contributed by atoms with Gasteiger partial charge in [0.2, 0.25) is 5.91 Å². The third kappa shape index (κ3) is 6.06. The van der Waals surface area contributed by atoms with Crippen molar-refractivity contribution in [2.75, 3.05) is 49.6 Å². The van der Waals surface area contributed by atoms with Gasteiger partial charge in [0.05, 0.1) is 23.5 Å². The number of aromatic hydroxyl groups is 1. The largest absolute Gasteiger partial charge is 0.508 e. The number of halogens is 2. The monoisotopic (exact) mass is 659 g/mol. The van der Waals surface area contributed by atoms with Crippen molar-refractivity contribution in [1.82, 2.24) is 24.6 Å². The molecule has 0 spiro atoms. The molecule has 7 rings (SSSR count). The van der Waals surface area contributed by atoms with Crippen LogP contribution in [0.1, 0.15) is 66.3 Å². The maximum absolute atomic E-state index is 15.0. The zero-order valence-corrected chi connectivity index (χ0v) is 27.9. The lowest BCUT2D eigenvalue weighted by Crippen LogP contribution is -2.43. The quantitative estimate of drug-likeness (QED) is 0.233. The van der Waals surface area contributed by atoms with Gasteiger partial charge in [0.25, 0.3) is 0 Å². The number of phenols is 1. The molecule has 2 aromatic carbocycles. The molecule has 2 fully saturated rings. The number of aromatic nitrogens is 4. The molecule has 0 radical (unpaired) electrons. The molecule has 0 saturated carbocycles. The fraction of sp³-hybridized carbons (Fsp3) is 0.500. The Morgan fingerprint density at radius 1 is 1.21 bits per heavy atom. The first-order valence-electron chi connectivity index (χ1n) is 17.0. The summed E-state index contributed by atoms with van der Waals surface area (Å²) in [7, 11) is 1.96. The van der Waals surface area contributed by atoms with Crippen LogP contribution in [0, 0.1) is 12.7 Å². The van der Waals surface area contributed by atoms with Gasteiger partial charge in [-0.3, -0.25) is 9.69 Å². The van der Waals surface area contributed by atoms with E-state index in [2.05, 4.69) is 14.9 Å². The molecule has 12 heteroatoms. The molecule has 3 aliphatic heterocycles. The van der Waals surface area contributed by atoms with Gasteiger partial charge >= 0.3 is 6.01 Å². The van der Waals surface area contributed by atoms with Crippen molar-refractivity contribution in [1.29, 1.82) is 0 Å². The summed E-state index contributed by atoms with van der Waals surface area (Å²) in [6, 6.07) is 8.60. The van der Waals surface area contributed by atoms with E-state index in [1.165, 1.54) is 10.7 Å². The molecular formula is C36H43F2N7O3. The van der Waals surface area contributed by atoms with Crippen LogP contribution in [0.3, 0.4) is 0 Å². The molecule has 0 aliphatic carbocycles. The maximum atomic E-state index is 15.0. The minimum Gasteiger partial charge on any atom is -0.508 e. The van der Waals surface area contributed by atoms with Crippen molar-refractivity contribution in [3.8, 4) is 11.8 Å². The van der Waals surface area contributed by atoms with Gasteiger partial charge in [0, 0.05) is 68.4 Å². The molecule has 0 amide bonds. The summed E-state index contributed by atoms with van der Waals surface area (Å²) >= 11 is 0. The number of fused-ring (bicyclic) bond motifs is 3. The molecule has 2 atom stereocenters. The number of hydrogen-bond donors (Lipinski definition) is 1. The Hall–Kier alpha value is -4.32. The zero-order chi connectivity index (χ0) is 33.6. The van der Waals surface area contributed by atoms with Crippen molar-refractivity contribution in [3.05, 3.63) is 64.9 Å². The van der Waals surface area contributed by atoms with Gasteiger partial charge in [-0.25, -0.2) is 13.5 Å². The Kier molecular flexibility index (Phi) is 8.69. The van der Waals surface area contributed by atoms with Gasteiger partial charge in [-0.1, -0.05) is 13.0 Å². The van der Waals surface area contributed by atoms with Crippen LogP contribution >= 0.6 is 0 Å². The van der Waals surface area contributed by atoms with Crippen LogP contribution in [0.4, 0.5) is 20.3 Å². The van der Waals surface area contributed by atoms with Gasteiger partial charge in [-0.05, 0) is 74.7 Å². The van der Waals surface area contributed by atoms with Crippen molar-refractivity contribution in [2.45, 2.75) is 77.0 Å². The molecule has 5 heterocycles. The first-order valence-corrected chi connectivity index (χ1v) is 17.0. The summed E-state index contributed by atoms with van der Waals surface area (Å²) in [5.41, 5.74) is 3.61. The first-order chi connectivity index (χ1) is 23.1. The predicted molar refractivity (Wildman–Crippen MR) is 180 cm³/mol. The maximum Gasteiger partial charge on any atom is 0.318 e. The highest BCUT2D eigenvalue weighted by atomic mass is 19.1. The third-order valence-electron chi connectivity index (χ3n) is 10.3. The highest BCUT2D eigenvalue weighted by Gasteiger charge is 2.49. The van der Waals surface area contributed by atoms with Crippen molar-refractivity contribution in [3.63, 3.8) is 0 Å². The van der Waals surface area contributed by atoms with E-state index in [0.29, 0.717) is 70.5 Å². The minimum atomic E-state index is -0.864. The van der Waals surface area contributed by atoms with E-state index < -0.39 is 6.17 Å². The number of hydrogen-bond acceptors (Lipinski definition) is 9. The Morgan fingerprint density at radius 3 is 2.85 bits per heavy atom. The van der Waals surface area contributed by atoms with E-state index in [1.54, 1.807) is 24.4 Å². The molecule has 10 nitrogen and oxygen atoms in total. The molecule has 0 bridgehead atoms. The van der Waals surface area contributed by atoms with Crippen LogP contribution in [-0.4, -0.2) is 87.2 Å². The highest BCUT2D eigenvalue weighted by Crippen LogP contribution is 2.41. The number of benzene rings is 2. The lowest BCUT2D eigenvalue weighted by molar-refractivity contribution is 0.0884. The van der Waals surface area contributed by atoms with Crippen LogP contribution in [-0.2, 0) is 19.4 Å². The number of ether oxygens (including phenoxy) is 1. The van der Waals surface area contributed by atoms with Crippen LogP contribution < -0.4 is 14.5 Å². The Bertz CT molecular complexity index is 1850. The summed E-state index contributed by atoms with van der Waals surface area (Å²) < 4.78 is 37.3. The highest BCUT2D eigenvalue weighted by molar-refractivity contribution is 5.98. The van der Waals surface area contributed by atoms with Crippen molar-refractivity contribution < 1.29 is 23.4 Å². The molecule has 48 heavy (non-hydrogen) atoms. The lowest BCUT2D eigenvalue weighted by Gasteiger charge is -2.34. The fourth-order valence-corrected chi connectivity index (χ4v) is 7.94. The van der Waals surface area contributed by atoms with E-state index in [9.17, 15) is 14.3 Å². The summed E-state index contributed by atoms with van der Waals surface area (Å²) in [4.78, 5) is 28.9. The summed E-state index contributed by atoms with van der Waals surface area (Å²) in [6.07, 6.45) is 5.23. The SMILES string of the molecule is CCc1c(F)ccc2cc(O)cc(N3CCc4c(nc(OC[C@@]56CCCN5C[C@H](F)C6)nc4N(C)CCCC(=O)n4ccc(C)n4)C3)c12. The lowest BCUT2D eigenvalue weighted by atomic mass is 9.95. The summed E-state index contributed by atoms with van der Waals surface area (Å²) in [5, 5.41) is 16.5. The van der Waals surface area contributed by atoms with Crippen LogP contribution in [0.15, 0.2) is 36.5 Å². The number of carbonyl (C=O) groups excluding carboxylic acids is 1. The van der Waals surface area contributed by atoms with Crippen LogP contribution in [0.5, 0.6) is 11.8 Å². The van der Waals surface area contributed by atoms with E-state index in [0.717, 1.165) is 58.6 Å². The van der Waals surface area contributed by atoms with E-state index in [1.807, 2.05) is 31.9 Å². The van der Waals surface area contributed by atoms with Gasteiger partial charge in [0.1, 0.15) is 30.2 Å². The van der Waals surface area contributed by atoms with Gasteiger partial charge in [0.15, 0.2) is 0 Å². The second-order valence-corrected chi connectivity index (χ2v) is 13.6. The van der Waals surface area contributed by atoms with E-state index in [-0.39, 0.29) is 29.0 Å².